The maximum absolute atomic E-state index is 13.5. The second-order valence-corrected chi connectivity index (χ2v) is 3.24. The predicted octanol–water partition coefficient (Wildman–Crippen LogP) is 2.04. The van der Waals surface area contributed by atoms with Gasteiger partial charge in [-0.2, -0.15) is 5.10 Å². The van der Waals surface area contributed by atoms with Gasteiger partial charge in [-0.1, -0.05) is 0 Å². The van der Waals surface area contributed by atoms with E-state index in [1.807, 2.05) is 0 Å². The molecule has 1 aromatic carbocycles. The summed E-state index contributed by atoms with van der Waals surface area (Å²) in [4.78, 5) is 0. The third-order valence-electron chi connectivity index (χ3n) is 2.08. The lowest BCUT2D eigenvalue weighted by atomic mass is 10.2. The lowest BCUT2D eigenvalue weighted by Gasteiger charge is -2.04. The van der Waals surface area contributed by atoms with Gasteiger partial charge in [-0.05, 0) is 18.6 Å². The quantitative estimate of drug-likeness (QED) is 0.781. The van der Waals surface area contributed by atoms with Crippen LogP contribution >= 0.6 is 0 Å². The van der Waals surface area contributed by atoms with Crippen LogP contribution < -0.4 is 5.73 Å². The Hall–Kier alpha value is -1.91. The molecular formula is C10H9F2N3. The number of hydrogen-bond donors (Lipinski definition) is 1. The van der Waals surface area contributed by atoms with Crippen molar-refractivity contribution in [1.82, 2.24) is 9.78 Å². The van der Waals surface area contributed by atoms with Crippen molar-refractivity contribution in [3.05, 3.63) is 41.6 Å². The van der Waals surface area contributed by atoms with Crippen LogP contribution in [0, 0.1) is 18.6 Å². The topological polar surface area (TPSA) is 43.8 Å². The monoisotopic (exact) mass is 209 g/mol. The highest BCUT2D eigenvalue weighted by Crippen LogP contribution is 2.17. The molecule has 0 radical (unpaired) electrons. The second-order valence-electron chi connectivity index (χ2n) is 3.24. The fourth-order valence-electron chi connectivity index (χ4n) is 1.28. The molecule has 0 saturated carbocycles. The first kappa shape index (κ1) is 9.64. The summed E-state index contributed by atoms with van der Waals surface area (Å²) in [6, 6.07) is 3.73. The summed E-state index contributed by atoms with van der Waals surface area (Å²) in [6.45, 7) is 1.50. The number of aryl methyl sites for hydroxylation is 1. The van der Waals surface area contributed by atoms with Crippen LogP contribution in [0.1, 0.15) is 5.56 Å². The van der Waals surface area contributed by atoms with Crippen LogP contribution in [0.3, 0.4) is 0 Å². The molecule has 3 nitrogen and oxygen atoms in total. The number of aromatic nitrogens is 2. The van der Waals surface area contributed by atoms with Crippen molar-refractivity contribution in [3.8, 4) is 5.69 Å². The number of halogens is 2. The zero-order chi connectivity index (χ0) is 11.0. The van der Waals surface area contributed by atoms with Crippen LogP contribution in [0.4, 0.5) is 14.6 Å². The summed E-state index contributed by atoms with van der Waals surface area (Å²) in [5.74, 6) is -0.743. The van der Waals surface area contributed by atoms with Crippen LogP contribution in [0.25, 0.3) is 5.69 Å². The molecule has 0 fully saturated rings. The van der Waals surface area contributed by atoms with E-state index in [0.29, 0.717) is 0 Å². The van der Waals surface area contributed by atoms with Crippen molar-refractivity contribution in [1.29, 1.82) is 0 Å². The molecular weight excluding hydrogens is 200 g/mol. The van der Waals surface area contributed by atoms with Gasteiger partial charge in [-0.3, -0.25) is 0 Å². The van der Waals surface area contributed by atoms with E-state index in [-0.39, 0.29) is 17.1 Å². The zero-order valence-electron chi connectivity index (χ0n) is 8.04. The van der Waals surface area contributed by atoms with Gasteiger partial charge in [-0.15, -0.1) is 0 Å². The van der Waals surface area contributed by atoms with Crippen LogP contribution in [-0.2, 0) is 0 Å². The molecule has 1 heterocycles. The molecule has 0 unspecified atom stereocenters. The molecule has 0 amide bonds. The highest BCUT2D eigenvalue weighted by atomic mass is 19.1. The molecule has 0 bridgehead atoms. The molecule has 0 aliphatic rings. The maximum Gasteiger partial charge on any atom is 0.149 e. The van der Waals surface area contributed by atoms with Gasteiger partial charge in [0.05, 0.1) is 0 Å². The van der Waals surface area contributed by atoms with Gasteiger partial charge in [0.25, 0.3) is 0 Å². The maximum atomic E-state index is 13.5. The van der Waals surface area contributed by atoms with E-state index >= 15 is 0 Å². The van der Waals surface area contributed by atoms with E-state index in [1.54, 1.807) is 0 Å². The fourth-order valence-corrected chi connectivity index (χ4v) is 1.28. The van der Waals surface area contributed by atoms with E-state index < -0.39 is 11.6 Å². The van der Waals surface area contributed by atoms with Crippen LogP contribution in [0.2, 0.25) is 0 Å². The number of rotatable bonds is 1. The Kier molecular flexibility index (Phi) is 2.15. The number of benzene rings is 1. The Balaban J connectivity index is 2.58. The lowest BCUT2D eigenvalue weighted by Crippen LogP contribution is -2.01. The average molecular weight is 209 g/mol. The minimum absolute atomic E-state index is 0.0507. The third-order valence-corrected chi connectivity index (χ3v) is 2.08. The summed E-state index contributed by atoms with van der Waals surface area (Å²) in [5, 5.41) is 3.80. The minimum atomic E-state index is -0.531. The molecule has 5 heteroatoms. The molecule has 0 aliphatic carbocycles. The summed E-state index contributed by atoms with van der Waals surface area (Å²) < 4.78 is 27.9. The molecule has 15 heavy (non-hydrogen) atoms. The summed E-state index contributed by atoms with van der Waals surface area (Å²) in [5.41, 5.74) is 5.70. The third kappa shape index (κ3) is 1.68. The van der Waals surface area contributed by atoms with Crippen molar-refractivity contribution in [3.63, 3.8) is 0 Å². The van der Waals surface area contributed by atoms with Crippen LogP contribution in [-0.4, -0.2) is 9.78 Å². The van der Waals surface area contributed by atoms with Gasteiger partial charge in [0.2, 0.25) is 0 Å². The van der Waals surface area contributed by atoms with E-state index in [4.69, 9.17) is 5.73 Å². The second kappa shape index (κ2) is 3.34. The SMILES string of the molecule is Cc1cc(F)c(-n2ccc(N)n2)cc1F. The molecule has 2 N–H and O–H groups in total. The summed E-state index contributed by atoms with van der Waals surface area (Å²) >= 11 is 0. The van der Waals surface area contributed by atoms with E-state index in [2.05, 4.69) is 5.10 Å². The van der Waals surface area contributed by atoms with Crippen molar-refractivity contribution < 1.29 is 8.78 Å². The van der Waals surface area contributed by atoms with E-state index in [9.17, 15) is 8.78 Å². The number of nitrogens with zero attached hydrogens (tertiary/aromatic N) is 2. The van der Waals surface area contributed by atoms with Gasteiger partial charge in [0.15, 0.2) is 0 Å². The molecule has 2 rings (SSSR count). The molecule has 1 aromatic heterocycles. The first-order valence-electron chi connectivity index (χ1n) is 4.35. The minimum Gasteiger partial charge on any atom is -0.382 e. The van der Waals surface area contributed by atoms with Crippen LogP contribution in [0.15, 0.2) is 24.4 Å². The molecule has 0 atom stereocenters. The Labute approximate surface area is 85.1 Å². The normalized spacial score (nSPS) is 10.6. The van der Waals surface area contributed by atoms with Gasteiger partial charge >= 0.3 is 0 Å². The van der Waals surface area contributed by atoms with Gasteiger partial charge in [0.1, 0.15) is 23.1 Å². The molecule has 2 aromatic rings. The fraction of sp³-hybridized carbons (Fsp3) is 0.100. The average Bonchev–Trinajstić information content (AvgIpc) is 2.58. The predicted molar refractivity (Wildman–Crippen MR) is 52.6 cm³/mol. The first-order valence-corrected chi connectivity index (χ1v) is 4.35. The number of nitrogen functional groups attached to an aromatic ring is 1. The van der Waals surface area contributed by atoms with E-state index in [0.717, 1.165) is 12.1 Å². The van der Waals surface area contributed by atoms with E-state index in [1.165, 1.54) is 23.9 Å². The Bertz CT molecular complexity index is 505. The highest BCUT2D eigenvalue weighted by molar-refractivity contribution is 5.38. The Morgan fingerprint density at radius 1 is 1.27 bits per heavy atom. The Morgan fingerprint density at radius 3 is 2.60 bits per heavy atom. The largest absolute Gasteiger partial charge is 0.382 e. The van der Waals surface area contributed by atoms with Gasteiger partial charge in [0, 0.05) is 18.3 Å². The molecule has 78 valence electrons. The lowest BCUT2D eigenvalue weighted by molar-refractivity contribution is 0.580. The molecule has 0 saturated heterocycles. The zero-order valence-corrected chi connectivity index (χ0v) is 8.04. The van der Waals surface area contributed by atoms with Crippen molar-refractivity contribution in [2.75, 3.05) is 5.73 Å². The Morgan fingerprint density at radius 2 is 2.00 bits per heavy atom. The van der Waals surface area contributed by atoms with Crippen molar-refractivity contribution in [2.24, 2.45) is 0 Å². The van der Waals surface area contributed by atoms with Crippen molar-refractivity contribution >= 4 is 5.82 Å². The van der Waals surface area contributed by atoms with Crippen molar-refractivity contribution in [2.45, 2.75) is 6.92 Å². The standard InChI is InChI=1S/C10H9F2N3/c1-6-4-8(12)9(5-7(6)11)15-3-2-10(13)14-15/h2-5H,1H3,(H2,13,14). The van der Waals surface area contributed by atoms with Gasteiger partial charge < -0.3 is 5.73 Å². The highest BCUT2D eigenvalue weighted by Gasteiger charge is 2.09. The van der Waals surface area contributed by atoms with Gasteiger partial charge in [-0.25, -0.2) is 13.5 Å². The number of hydrogen-bond acceptors (Lipinski definition) is 2. The number of anilines is 1. The summed E-state index contributed by atoms with van der Waals surface area (Å²) in [7, 11) is 0. The molecule has 0 spiro atoms. The van der Waals surface area contributed by atoms with Crippen LogP contribution in [0.5, 0.6) is 0 Å². The smallest absolute Gasteiger partial charge is 0.149 e. The first-order chi connectivity index (χ1) is 7.08. The number of nitrogens with two attached hydrogens (primary N) is 1. The summed E-state index contributed by atoms with van der Waals surface area (Å²) in [6.07, 6.45) is 1.47. The molecule has 0 aliphatic heterocycles.